The Morgan fingerprint density at radius 1 is 1.08 bits per heavy atom. The topological polar surface area (TPSA) is 75.6 Å². The van der Waals surface area contributed by atoms with Crippen molar-refractivity contribution in [2.24, 2.45) is 11.8 Å². The van der Waals surface area contributed by atoms with Crippen molar-refractivity contribution >= 4 is 23.6 Å². The Morgan fingerprint density at radius 2 is 1.67 bits per heavy atom. The first kappa shape index (κ1) is 17.0. The minimum Gasteiger partial charge on any atom is -0.444 e. The maximum Gasteiger partial charge on any atom is 0.410 e. The molecule has 0 aromatic carbocycles. The second-order valence-electron chi connectivity index (χ2n) is 7.36. The number of ether oxygens (including phenoxy) is 1. The first-order valence-corrected chi connectivity index (χ1v) is 8.37. The number of aromatic nitrogens is 2. The monoisotopic (exact) mass is 352 g/mol. The van der Waals surface area contributed by atoms with Crippen LogP contribution in [0.2, 0.25) is 5.15 Å². The highest BCUT2D eigenvalue weighted by Crippen LogP contribution is 2.32. The fraction of sp³-hybridized carbons (Fsp3) is 0.625. The van der Waals surface area contributed by atoms with E-state index in [1.807, 2.05) is 20.8 Å². The molecule has 0 bridgehead atoms. The molecule has 7 nitrogen and oxygen atoms in total. The molecule has 0 saturated carbocycles. The summed E-state index contributed by atoms with van der Waals surface area (Å²) in [5.74, 6) is 0.417. The van der Waals surface area contributed by atoms with Crippen LogP contribution < -0.4 is 0 Å². The smallest absolute Gasteiger partial charge is 0.410 e. The van der Waals surface area contributed by atoms with Gasteiger partial charge in [0.2, 0.25) is 0 Å². The van der Waals surface area contributed by atoms with E-state index in [0.29, 0.717) is 31.9 Å². The zero-order valence-corrected chi connectivity index (χ0v) is 14.8. The predicted octanol–water partition coefficient (Wildman–Crippen LogP) is 2.07. The summed E-state index contributed by atoms with van der Waals surface area (Å²) in [5, 5.41) is 7.82. The average molecular weight is 353 g/mol. The normalized spacial score (nSPS) is 23.3. The van der Waals surface area contributed by atoms with Crippen molar-refractivity contribution in [3.8, 4) is 0 Å². The quantitative estimate of drug-likeness (QED) is 0.773. The lowest BCUT2D eigenvalue weighted by molar-refractivity contribution is 0.0275. The Morgan fingerprint density at radius 3 is 2.17 bits per heavy atom. The van der Waals surface area contributed by atoms with Crippen molar-refractivity contribution < 1.29 is 14.3 Å². The predicted molar refractivity (Wildman–Crippen MR) is 87.7 cm³/mol. The number of halogens is 1. The summed E-state index contributed by atoms with van der Waals surface area (Å²) in [4.78, 5) is 28.1. The van der Waals surface area contributed by atoms with Crippen LogP contribution in [0.3, 0.4) is 0 Å². The maximum atomic E-state index is 12.5. The van der Waals surface area contributed by atoms with Gasteiger partial charge in [0, 0.05) is 38.0 Å². The lowest BCUT2D eigenvalue weighted by Crippen LogP contribution is -2.38. The van der Waals surface area contributed by atoms with Gasteiger partial charge in [0.1, 0.15) is 5.60 Å². The number of amides is 2. The van der Waals surface area contributed by atoms with Crippen LogP contribution in [-0.4, -0.2) is 63.8 Å². The number of nitrogens with zero attached hydrogens (tertiary/aromatic N) is 4. The molecule has 2 aliphatic heterocycles. The third-order valence-corrected chi connectivity index (χ3v) is 4.48. The molecule has 24 heavy (non-hydrogen) atoms. The van der Waals surface area contributed by atoms with Gasteiger partial charge in [0.15, 0.2) is 10.8 Å². The fourth-order valence-corrected chi connectivity index (χ4v) is 3.33. The van der Waals surface area contributed by atoms with Crippen molar-refractivity contribution in [2.45, 2.75) is 26.4 Å². The summed E-state index contributed by atoms with van der Waals surface area (Å²) in [6.07, 6.45) is -0.279. The van der Waals surface area contributed by atoms with Gasteiger partial charge in [-0.05, 0) is 32.9 Å². The SMILES string of the molecule is CC(C)(C)OC(=O)N1C[C@@H]2CN(C(=O)c3ccc(Cl)nn3)C[C@@H]2C1. The van der Waals surface area contributed by atoms with Crippen molar-refractivity contribution in [1.29, 1.82) is 0 Å². The number of fused-ring (bicyclic) bond motifs is 1. The van der Waals surface area contributed by atoms with Crippen molar-refractivity contribution in [3.05, 3.63) is 23.0 Å². The van der Waals surface area contributed by atoms with Crippen LogP contribution >= 0.6 is 11.6 Å². The molecule has 8 heteroatoms. The Kier molecular flexibility index (Phi) is 4.38. The number of likely N-dealkylation sites (tertiary alicyclic amines) is 2. The molecule has 0 N–H and O–H groups in total. The maximum absolute atomic E-state index is 12.5. The van der Waals surface area contributed by atoms with Gasteiger partial charge in [-0.25, -0.2) is 4.79 Å². The summed E-state index contributed by atoms with van der Waals surface area (Å²) >= 11 is 5.70. The number of hydrogen-bond donors (Lipinski definition) is 0. The molecule has 2 saturated heterocycles. The molecule has 0 unspecified atom stereocenters. The molecular formula is C16H21ClN4O3. The van der Waals surface area contributed by atoms with E-state index in [0.717, 1.165) is 0 Å². The third-order valence-electron chi connectivity index (χ3n) is 4.28. The van der Waals surface area contributed by atoms with E-state index in [1.165, 1.54) is 0 Å². The van der Waals surface area contributed by atoms with Crippen LogP contribution in [0.15, 0.2) is 12.1 Å². The van der Waals surface area contributed by atoms with Gasteiger partial charge in [0.05, 0.1) is 0 Å². The van der Waals surface area contributed by atoms with E-state index in [4.69, 9.17) is 16.3 Å². The second kappa shape index (κ2) is 6.20. The Bertz CT molecular complexity index is 630. The summed E-state index contributed by atoms with van der Waals surface area (Å²) in [6, 6.07) is 3.14. The molecule has 0 aliphatic carbocycles. The Balaban J connectivity index is 1.58. The van der Waals surface area contributed by atoms with Crippen molar-refractivity contribution in [3.63, 3.8) is 0 Å². The van der Waals surface area contributed by atoms with Gasteiger partial charge in [-0.1, -0.05) is 11.6 Å². The zero-order valence-electron chi connectivity index (χ0n) is 14.0. The van der Waals surface area contributed by atoms with E-state index < -0.39 is 5.60 Å². The minimum atomic E-state index is -0.496. The van der Waals surface area contributed by atoms with E-state index in [-0.39, 0.29) is 29.0 Å². The van der Waals surface area contributed by atoms with Crippen molar-refractivity contribution in [1.82, 2.24) is 20.0 Å². The highest BCUT2D eigenvalue weighted by atomic mass is 35.5. The van der Waals surface area contributed by atoms with Gasteiger partial charge < -0.3 is 14.5 Å². The molecule has 2 atom stereocenters. The van der Waals surface area contributed by atoms with Crippen LogP contribution in [0.5, 0.6) is 0 Å². The first-order valence-electron chi connectivity index (χ1n) is 7.99. The largest absolute Gasteiger partial charge is 0.444 e. The van der Waals surface area contributed by atoms with Gasteiger partial charge in [0.25, 0.3) is 5.91 Å². The van der Waals surface area contributed by atoms with Gasteiger partial charge in [-0.3, -0.25) is 4.79 Å². The average Bonchev–Trinajstić information content (AvgIpc) is 3.04. The number of carbonyl (C=O) groups excluding carboxylic acids is 2. The van der Waals surface area contributed by atoms with Crippen molar-refractivity contribution in [2.75, 3.05) is 26.2 Å². The lowest BCUT2D eigenvalue weighted by Gasteiger charge is -2.26. The molecule has 1 aromatic rings. The molecule has 2 amide bonds. The molecule has 2 fully saturated rings. The molecular weight excluding hydrogens is 332 g/mol. The lowest BCUT2D eigenvalue weighted by atomic mass is 10.0. The van der Waals surface area contributed by atoms with Crippen LogP contribution in [-0.2, 0) is 4.74 Å². The molecule has 1 aromatic heterocycles. The number of rotatable bonds is 1. The fourth-order valence-electron chi connectivity index (χ4n) is 3.23. The van der Waals surface area contributed by atoms with Crippen LogP contribution in [0, 0.1) is 11.8 Å². The highest BCUT2D eigenvalue weighted by molar-refractivity contribution is 6.29. The molecule has 2 aliphatic rings. The van der Waals surface area contributed by atoms with Gasteiger partial charge in [-0.15, -0.1) is 10.2 Å². The van der Waals surface area contributed by atoms with Gasteiger partial charge in [-0.2, -0.15) is 0 Å². The first-order chi connectivity index (χ1) is 11.2. The molecule has 3 rings (SSSR count). The third kappa shape index (κ3) is 3.61. The van der Waals surface area contributed by atoms with E-state index >= 15 is 0 Å². The Hall–Kier alpha value is -1.89. The van der Waals surface area contributed by atoms with Crippen LogP contribution in [0.1, 0.15) is 31.3 Å². The molecule has 130 valence electrons. The molecule has 3 heterocycles. The standard InChI is InChI=1S/C16H21ClN4O3/c1-16(2,3)24-15(23)21-8-10-6-20(7-11(10)9-21)14(22)12-4-5-13(17)19-18-12/h4-5,10-11H,6-9H2,1-3H3/t10-,11+. The molecule has 0 radical (unpaired) electrons. The van der Waals surface area contributed by atoms with E-state index in [1.54, 1.807) is 21.9 Å². The van der Waals surface area contributed by atoms with Crippen LogP contribution in [0.4, 0.5) is 4.79 Å². The second-order valence-corrected chi connectivity index (χ2v) is 7.74. The van der Waals surface area contributed by atoms with Gasteiger partial charge >= 0.3 is 6.09 Å². The highest BCUT2D eigenvalue weighted by Gasteiger charge is 2.44. The van der Waals surface area contributed by atoms with E-state index in [9.17, 15) is 9.59 Å². The van der Waals surface area contributed by atoms with Crippen LogP contribution in [0.25, 0.3) is 0 Å². The summed E-state index contributed by atoms with van der Waals surface area (Å²) in [6.45, 7) is 8.05. The minimum absolute atomic E-state index is 0.141. The number of carbonyl (C=O) groups is 2. The summed E-state index contributed by atoms with van der Waals surface area (Å²) in [5.41, 5.74) is -0.201. The Labute approximate surface area is 145 Å². The summed E-state index contributed by atoms with van der Waals surface area (Å²) in [7, 11) is 0. The number of hydrogen-bond acceptors (Lipinski definition) is 5. The van der Waals surface area contributed by atoms with E-state index in [2.05, 4.69) is 10.2 Å². The zero-order chi connectivity index (χ0) is 17.5. The molecule has 0 spiro atoms. The summed E-state index contributed by atoms with van der Waals surface area (Å²) < 4.78 is 5.42.